The molecule has 2 fully saturated rings. The number of rotatable bonds is 4. The van der Waals surface area contributed by atoms with Gasteiger partial charge in [0.25, 0.3) is 0 Å². The Hall–Kier alpha value is -1.13. The quantitative estimate of drug-likeness (QED) is 0.852. The second-order valence-electron chi connectivity index (χ2n) is 6.03. The number of nitrogens with zero attached hydrogens (tertiary/aromatic N) is 2. The van der Waals surface area contributed by atoms with Crippen molar-refractivity contribution in [1.29, 1.82) is 0 Å². The smallest absolute Gasteiger partial charge is 0.222 e. The number of hydrogen-bond donors (Lipinski definition) is 0. The molecule has 0 aliphatic carbocycles. The second-order valence-corrected chi connectivity index (χ2v) is 7.01. The van der Waals surface area contributed by atoms with Gasteiger partial charge in [0.2, 0.25) is 5.91 Å². The van der Waals surface area contributed by atoms with E-state index in [9.17, 15) is 4.79 Å². The molecule has 114 valence electrons. The van der Waals surface area contributed by atoms with Crippen molar-refractivity contribution in [1.82, 2.24) is 9.80 Å². The van der Waals surface area contributed by atoms with Crippen LogP contribution >= 0.6 is 11.3 Å². The molecule has 3 rings (SSSR count). The molecule has 2 atom stereocenters. The molecule has 0 aromatic carbocycles. The molecule has 4 heteroatoms. The van der Waals surface area contributed by atoms with Crippen LogP contribution in [0.1, 0.15) is 37.5 Å². The van der Waals surface area contributed by atoms with E-state index in [1.165, 1.54) is 24.1 Å². The number of piperidine rings is 1. The standard InChI is InChI=1S/C17H24N2OS/c1-2-17(20)19-14-6-3-7-15(19)13-18(12-14)10-4-8-16-9-5-11-21-16/h4-5,8-9,11,14-15H,2-3,6-7,10,12-13H2,1H3/b8-4+. The molecule has 0 N–H and O–H groups in total. The Kier molecular flexibility index (Phi) is 4.76. The lowest BCUT2D eigenvalue weighted by molar-refractivity contribution is -0.142. The molecule has 2 bridgehead atoms. The summed E-state index contributed by atoms with van der Waals surface area (Å²) in [5.74, 6) is 0.346. The molecule has 21 heavy (non-hydrogen) atoms. The number of carbonyl (C=O) groups excluding carboxylic acids is 1. The Labute approximate surface area is 131 Å². The molecule has 0 spiro atoms. The molecule has 1 aromatic rings. The first-order chi connectivity index (χ1) is 10.3. The third-order valence-corrected chi connectivity index (χ3v) is 5.42. The first kappa shape index (κ1) is 14.8. The highest BCUT2D eigenvalue weighted by Crippen LogP contribution is 2.29. The van der Waals surface area contributed by atoms with Gasteiger partial charge in [0.15, 0.2) is 0 Å². The Bertz CT molecular complexity index is 483. The monoisotopic (exact) mass is 304 g/mol. The van der Waals surface area contributed by atoms with Gasteiger partial charge in [-0.2, -0.15) is 0 Å². The number of hydrogen-bond acceptors (Lipinski definition) is 3. The summed E-state index contributed by atoms with van der Waals surface area (Å²) >= 11 is 1.78. The normalized spacial score (nSPS) is 26.4. The van der Waals surface area contributed by atoms with E-state index in [0.29, 0.717) is 24.4 Å². The van der Waals surface area contributed by atoms with Gasteiger partial charge in [-0.1, -0.05) is 19.1 Å². The van der Waals surface area contributed by atoms with Crippen LogP contribution in [0.15, 0.2) is 23.6 Å². The van der Waals surface area contributed by atoms with Crippen molar-refractivity contribution in [2.45, 2.75) is 44.7 Å². The average molecular weight is 304 g/mol. The largest absolute Gasteiger partial charge is 0.334 e. The van der Waals surface area contributed by atoms with E-state index in [-0.39, 0.29) is 0 Å². The molecule has 0 radical (unpaired) electrons. The fraction of sp³-hybridized carbons (Fsp3) is 0.588. The number of likely N-dealkylation sites (tertiary alicyclic amines) is 1. The zero-order valence-electron chi connectivity index (χ0n) is 12.7. The highest BCUT2D eigenvalue weighted by atomic mass is 32.1. The lowest BCUT2D eigenvalue weighted by atomic mass is 9.91. The van der Waals surface area contributed by atoms with Gasteiger partial charge in [0.1, 0.15) is 0 Å². The van der Waals surface area contributed by atoms with Gasteiger partial charge in [0.05, 0.1) is 0 Å². The topological polar surface area (TPSA) is 23.6 Å². The first-order valence-electron chi connectivity index (χ1n) is 8.01. The van der Waals surface area contributed by atoms with Gasteiger partial charge in [0, 0.05) is 43.0 Å². The highest BCUT2D eigenvalue weighted by Gasteiger charge is 2.38. The molecule has 3 heterocycles. The molecule has 2 aliphatic heterocycles. The molecule has 0 saturated carbocycles. The summed E-state index contributed by atoms with van der Waals surface area (Å²) in [6.07, 6.45) is 8.75. The predicted molar refractivity (Wildman–Crippen MR) is 88.4 cm³/mol. The zero-order chi connectivity index (χ0) is 14.7. The first-order valence-corrected chi connectivity index (χ1v) is 8.89. The van der Waals surface area contributed by atoms with Gasteiger partial charge in [-0.05, 0) is 36.8 Å². The minimum Gasteiger partial charge on any atom is -0.334 e. The third kappa shape index (κ3) is 3.38. The fourth-order valence-electron chi connectivity index (χ4n) is 3.64. The molecule has 1 amide bonds. The van der Waals surface area contributed by atoms with Crippen LogP contribution in [0.4, 0.5) is 0 Å². The fourth-order valence-corrected chi connectivity index (χ4v) is 4.28. The van der Waals surface area contributed by atoms with Gasteiger partial charge in [-0.25, -0.2) is 0 Å². The van der Waals surface area contributed by atoms with Crippen LogP contribution in [0.3, 0.4) is 0 Å². The van der Waals surface area contributed by atoms with Crippen LogP contribution in [0, 0.1) is 0 Å². The zero-order valence-corrected chi connectivity index (χ0v) is 13.5. The molecule has 1 aromatic heterocycles. The van der Waals surface area contributed by atoms with E-state index >= 15 is 0 Å². The van der Waals surface area contributed by atoms with Crippen molar-refractivity contribution >= 4 is 23.3 Å². The Morgan fingerprint density at radius 3 is 2.76 bits per heavy atom. The maximum atomic E-state index is 12.2. The number of amides is 1. The van der Waals surface area contributed by atoms with Crippen molar-refractivity contribution < 1.29 is 4.79 Å². The molecule has 2 unspecified atom stereocenters. The second kappa shape index (κ2) is 6.75. The molecular formula is C17H24N2OS. The molecule has 3 nitrogen and oxygen atoms in total. The highest BCUT2D eigenvalue weighted by molar-refractivity contribution is 7.10. The molecule has 2 aliphatic rings. The summed E-state index contributed by atoms with van der Waals surface area (Å²) in [6, 6.07) is 5.12. The number of fused-ring (bicyclic) bond motifs is 2. The third-order valence-electron chi connectivity index (χ3n) is 4.58. The van der Waals surface area contributed by atoms with Gasteiger partial charge in [-0.15, -0.1) is 11.3 Å². The summed E-state index contributed by atoms with van der Waals surface area (Å²) in [4.78, 5) is 18.2. The molecular weight excluding hydrogens is 280 g/mol. The van der Waals surface area contributed by atoms with Gasteiger partial charge < -0.3 is 4.90 Å². The van der Waals surface area contributed by atoms with E-state index in [1.807, 2.05) is 6.92 Å². The van der Waals surface area contributed by atoms with Gasteiger partial charge >= 0.3 is 0 Å². The summed E-state index contributed by atoms with van der Waals surface area (Å²) in [5, 5.41) is 2.11. The van der Waals surface area contributed by atoms with E-state index in [4.69, 9.17) is 0 Å². The van der Waals surface area contributed by atoms with Crippen LogP contribution in [0.5, 0.6) is 0 Å². The van der Waals surface area contributed by atoms with E-state index in [2.05, 4.69) is 39.5 Å². The average Bonchev–Trinajstić information content (AvgIpc) is 2.99. The van der Waals surface area contributed by atoms with Crippen molar-refractivity contribution in [2.75, 3.05) is 19.6 Å². The maximum Gasteiger partial charge on any atom is 0.222 e. The van der Waals surface area contributed by atoms with Crippen molar-refractivity contribution in [2.24, 2.45) is 0 Å². The minimum absolute atomic E-state index is 0.346. The Balaban J connectivity index is 1.59. The lowest BCUT2D eigenvalue weighted by Gasteiger charge is -2.50. The van der Waals surface area contributed by atoms with Crippen LogP contribution in [0.2, 0.25) is 0 Å². The SMILES string of the molecule is CCC(=O)N1C2CCCC1CN(C/C=C/c1cccs1)C2. The van der Waals surface area contributed by atoms with E-state index in [1.54, 1.807) is 11.3 Å². The predicted octanol–water partition coefficient (Wildman–Crippen LogP) is 3.24. The summed E-state index contributed by atoms with van der Waals surface area (Å²) in [5.41, 5.74) is 0. The summed E-state index contributed by atoms with van der Waals surface area (Å²) < 4.78 is 0. The summed E-state index contributed by atoms with van der Waals surface area (Å²) in [6.45, 7) is 5.06. The van der Waals surface area contributed by atoms with E-state index < -0.39 is 0 Å². The number of carbonyl (C=O) groups is 1. The lowest BCUT2D eigenvalue weighted by Crippen LogP contribution is -2.62. The Morgan fingerprint density at radius 2 is 2.14 bits per heavy atom. The van der Waals surface area contributed by atoms with Crippen molar-refractivity contribution in [3.05, 3.63) is 28.5 Å². The van der Waals surface area contributed by atoms with Crippen molar-refractivity contribution in [3.63, 3.8) is 0 Å². The van der Waals surface area contributed by atoms with Crippen LogP contribution < -0.4 is 0 Å². The summed E-state index contributed by atoms with van der Waals surface area (Å²) in [7, 11) is 0. The molecule has 2 saturated heterocycles. The van der Waals surface area contributed by atoms with Gasteiger partial charge in [-0.3, -0.25) is 9.69 Å². The number of piperazine rings is 1. The maximum absolute atomic E-state index is 12.2. The Morgan fingerprint density at radius 1 is 1.38 bits per heavy atom. The van der Waals surface area contributed by atoms with Crippen molar-refractivity contribution in [3.8, 4) is 0 Å². The van der Waals surface area contributed by atoms with E-state index in [0.717, 1.165) is 19.6 Å². The minimum atomic E-state index is 0.346. The number of thiophene rings is 1. The van der Waals surface area contributed by atoms with Crippen LogP contribution in [-0.4, -0.2) is 47.4 Å². The van der Waals surface area contributed by atoms with Crippen LogP contribution in [-0.2, 0) is 4.79 Å². The van der Waals surface area contributed by atoms with Crippen LogP contribution in [0.25, 0.3) is 6.08 Å².